The fourth-order valence-electron chi connectivity index (χ4n) is 6.60. The fraction of sp³-hybridized carbons (Fsp3) is 0.250. The highest BCUT2D eigenvalue weighted by molar-refractivity contribution is 6.03. The number of hydrogen-bond acceptors (Lipinski definition) is 8. The predicted molar refractivity (Wildman–Crippen MR) is 202 cm³/mol. The minimum atomic E-state index is -0.352. The van der Waals surface area contributed by atoms with Crippen molar-refractivity contribution in [3.05, 3.63) is 108 Å². The number of aliphatic imine (C=N–C) groups is 2. The SMILES string of the molecule is CC1CN(c2ccc(N=Cc3c(O)[nH]c4cc(F)ccc34)cc2)CC(C)O1.Oc1[nH]c2cc(F)ccc2c1C=Nc1ccc(N2CCOCC2)cc1. The zero-order valence-electron chi connectivity index (χ0n) is 28.9. The van der Waals surface area contributed by atoms with Gasteiger partial charge in [0, 0.05) is 60.8 Å². The molecule has 2 atom stereocenters. The van der Waals surface area contributed by atoms with Gasteiger partial charge in [-0.15, -0.1) is 0 Å². The van der Waals surface area contributed by atoms with Crippen LogP contribution in [0, 0.1) is 11.6 Å². The van der Waals surface area contributed by atoms with Crippen molar-refractivity contribution in [3.63, 3.8) is 0 Å². The number of halogens is 2. The number of nitrogens with zero attached hydrogens (tertiary/aromatic N) is 4. The summed E-state index contributed by atoms with van der Waals surface area (Å²) >= 11 is 0. The van der Waals surface area contributed by atoms with Crippen LogP contribution in [0.5, 0.6) is 11.8 Å². The van der Waals surface area contributed by atoms with Gasteiger partial charge in [-0.3, -0.25) is 9.98 Å². The van der Waals surface area contributed by atoms with Crippen LogP contribution in [0.4, 0.5) is 31.5 Å². The van der Waals surface area contributed by atoms with Crippen molar-refractivity contribution in [2.75, 3.05) is 49.2 Å². The first-order valence-corrected chi connectivity index (χ1v) is 17.2. The topological polar surface area (TPSA) is 122 Å². The Kier molecular flexibility index (Phi) is 10.2. The molecule has 52 heavy (non-hydrogen) atoms. The van der Waals surface area contributed by atoms with E-state index in [2.05, 4.69) is 43.6 Å². The number of aromatic nitrogens is 2. The summed E-state index contributed by atoms with van der Waals surface area (Å²) in [5.41, 5.74) is 6.03. The molecule has 6 aromatic rings. The predicted octanol–water partition coefficient (Wildman–Crippen LogP) is 7.98. The first-order chi connectivity index (χ1) is 25.2. The highest BCUT2D eigenvalue weighted by Gasteiger charge is 2.22. The molecule has 2 aliphatic rings. The van der Waals surface area contributed by atoms with Crippen molar-refractivity contribution in [3.8, 4) is 11.8 Å². The molecular formula is C40H40F2N6O4. The summed E-state index contributed by atoms with van der Waals surface area (Å²) in [6.07, 6.45) is 3.61. The van der Waals surface area contributed by atoms with E-state index in [4.69, 9.17) is 9.47 Å². The van der Waals surface area contributed by atoms with Crippen LogP contribution in [0.2, 0.25) is 0 Å². The molecule has 12 heteroatoms. The third-order valence-electron chi connectivity index (χ3n) is 9.11. The Morgan fingerprint density at radius 2 is 1.10 bits per heavy atom. The van der Waals surface area contributed by atoms with E-state index in [9.17, 15) is 19.0 Å². The molecule has 0 amide bonds. The molecule has 8 rings (SSSR count). The van der Waals surface area contributed by atoms with Gasteiger partial charge in [0.15, 0.2) is 11.8 Å². The number of morpholine rings is 2. The number of benzene rings is 4. The molecule has 4 aromatic carbocycles. The van der Waals surface area contributed by atoms with Crippen molar-refractivity contribution in [1.29, 1.82) is 0 Å². The molecule has 2 fully saturated rings. The number of fused-ring (bicyclic) bond motifs is 2. The van der Waals surface area contributed by atoms with Crippen molar-refractivity contribution in [2.45, 2.75) is 26.1 Å². The van der Waals surface area contributed by atoms with Gasteiger partial charge in [0.2, 0.25) is 0 Å². The molecular weight excluding hydrogens is 666 g/mol. The van der Waals surface area contributed by atoms with Crippen LogP contribution in [-0.4, -0.2) is 84.2 Å². The van der Waals surface area contributed by atoms with Crippen molar-refractivity contribution < 1.29 is 28.5 Å². The standard InChI is InChI=1S/C21H22FN3O2.C19H18FN3O2/c1-13-11-25(12-14(2)27-13)17-6-4-16(5-7-17)23-10-19-18-8-3-15(22)9-20(18)24-21(19)26;20-13-1-6-16-17(19(24)22-18(16)11-13)12-21-14-2-4-15(5-3-14)23-7-9-25-10-8-23/h3-10,13-14,24,26H,11-12H2,1-2H3;1-6,11-12,22,24H,7-10H2. The monoisotopic (exact) mass is 706 g/mol. The average Bonchev–Trinajstić information content (AvgIpc) is 3.63. The van der Waals surface area contributed by atoms with E-state index >= 15 is 0 Å². The Morgan fingerprint density at radius 1 is 0.654 bits per heavy atom. The molecule has 2 aliphatic heterocycles. The summed E-state index contributed by atoms with van der Waals surface area (Å²) in [4.78, 5) is 19.0. The van der Waals surface area contributed by atoms with E-state index in [1.807, 2.05) is 48.5 Å². The largest absolute Gasteiger partial charge is 0.494 e. The molecule has 0 spiro atoms. The lowest BCUT2D eigenvalue weighted by Gasteiger charge is -2.36. The summed E-state index contributed by atoms with van der Waals surface area (Å²) in [7, 11) is 0. The molecule has 2 unspecified atom stereocenters. The lowest BCUT2D eigenvalue weighted by Crippen LogP contribution is -2.45. The molecule has 2 aromatic heterocycles. The number of anilines is 2. The molecule has 0 saturated carbocycles. The van der Waals surface area contributed by atoms with Gasteiger partial charge in [-0.2, -0.15) is 0 Å². The molecule has 2 saturated heterocycles. The highest BCUT2D eigenvalue weighted by atomic mass is 19.1. The van der Waals surface area contributed by atoms with E-state index in [-0.39, 0.29) is 35.6 Å². The van der Waals surface area contributed by atoms with Gasteiger partial charge in [0.25, 0.3) is 0 Å². The van der Waals surface area contributed by atoms with Gasteiger partial charge in [-0.25, -0.2) is 8.78 Å². The first-order valence-electron chi connectivity index (χ1n) is 17.2. The number of nitrogens with one attached hydrogen (secondary N) is 2. The van der Waals surface area contributed by atoms with Crippen LogP contribution in [0.25, 0.3) is 21.8 Å². The minimum Gasteiger partial charge on any atom is -0.494 e. The van der Waals surface area contributed by atoms with Crippen LogP contribution in [0.15, 0.2) is 94.9 Å². The van der Waals surface area contributed by atoms with E-state index < -0.39 is 0 Å². The van der Waals surface area contributed by atoms with Gasteiger partial charge in [-0.1, -0.05) is 0 Å². The molecule has 0 aliphatic carbocycles. The normalized spacial score (nSPS) is 18.1. The van der Waals surface area contributed by atoms with E-state index in [0.29, 0.717) is 22.2 Å². The summed E-state index contributed by atoms with van der Waals surface area (Å²) in [5.74, 6) is -0.743. The van der Waals surface area contributed by atoms with Gasteiger partial charge >= 0.3 is 0 Å². The Morgan fingerprint density at radius 3 is 1.56 bits per heavy atom. The Labute approximate surface area is 299 Å². The molecule has 4 N–H and O–H groups in total. The minimum absolute atomic E-state index is 0.0192. The number of hydrogen-bond donors (Lipinski definition) is 4. The smallest absolute Gasteiger partial charge is 0.198 e. The van der Waals surface area contributed by atoms with Gasteiger partial charge in [0.1, 0.15) is 11.6 Å². The summed E-state index contributed by atoms with van der Waals surface area (Å²) in [5, 5.41) is 21.6. The number of ether oxygens (including phenoxy) is 2. The number of H-pyrrole nitrogens is 2. The van der Waals surface area contributed by atoms with Gasteiger partial charge < -0.3 is 39.5 Å². The first kappa shape index (κ1) is 34.7. The summed E-state index contributed by atoms with van der Waals surface area (Å²) in [6, 6.07) is 24.6. The second-order valence-corrected chi connectivity index (χ2v) is 13.0. The van der Waals surface area contributed by atoms with Crippen LogP contribution in [0.1, 0.15) is 25.0 Å². The van der Waals surface area contributed by atoms with Gasteiger partial charge in [0.05, 0.1) is 59.0 Å². The van der Waals surface area contributed by atoms with Crippen molar-refractivity contribution in [1.82, 2.24) is 9.97 Å². The van der Waals surface area contributed by atoms with Crippen molar-refractivity contribution in [2.24, 2.45) is 9.98 Å². The Balaban J connectivity index is 0.000000162. The van der Waals surface area contributed by atoms with Crippen LogP contribution in [-0.2, 0) is 9.47 Å². The lowest BCUT2D eigenvalue weighted by molar-refractivity contribution is -0.00521. The number of rotatable bonds is 6. The van der Waals surface area contributed by atoms with E-state index in [1.54, 1.807) is 24.6 Å². The van der Waals surface area contributed by atoms with Crippen LogP contribution >= 0.6 is 0 Å². The van der Waals surface area contributed by atoms with E-state index in [1.165, 1.54) is 24.3 Å². The maximum atomic E-state index is 13.3. The molecule has 268 valence electrons. The maximum Gasteiger partial charge on any atom is 0.198 e. The summed E-state index contributed by atoms with van der Waals surface area (Å²) in [6.45, 7) is 9.19. The highest BCUT2D eigenvalue weighted by Crippen LogP contribution is 2.29. The van der Waals surface area contributed by atoms with E-state index in [0.717, 1.165) is 72.9 Å². The lowest BCUT2D eigenvalue weighted by atomic mass is 10.1. The third-order valence-corrected chi connectivity index (χ3v) is 9.11. The fourth-order valence-corrected chi connectivity index (χ4v) is 6.60. The number of aromatic amines is 2. The Hall–Kier alpha value is -5.72. The van der Waals surface area contributed by atoms with Crippen LogP contribution in [0.3, 0.4) is 0 Å². The van der Waals surface area contributed by atoms with Crippen molar-refractivity contribution >= 4 is 57.0 Å². The molecule has 4 heterocycles. The average molecular weight is 707 g/mol. The zero-order chi connectivity index (χ0) is 36.2. The zero-order valence-corrected chi connectivity index (χ0v) is 28.9. The second-order valence-electron chi connectivity index (χ2n) is 13.0. The second kappa shape index (κ2) is 15.3. The molecule has 10 nitrogen and oxygen atoms in total. The maximum absolute atomic E-state index is 13.3. The van der Waals surface area contributed by atoms with Crippen LogP contribution < -0.4 is 9.80 Å². The summed E-state index contributed by atoms with van der Waals surface area (Å²) < 4.78 is 37.7. The molecule has 0 radical (unpaired) electrons. The quantitative estimate of drug-likeness (QED) is 0.130. The molecule has 0 bridgehead atoms. The third kappa shape index (κ3) is 7.93. The number of aromatic hydroxyl groups is 2. The van der Waals surface area contributed by atoms with Gasteiger partial charge in [-0.05, 0) is 98.8 Å². The Bertz CT molecular complexity index is 2200.